The minimum absolute atomic E-state index is 0. The third kappa shape index (κ3) is 4.88. The SMILES string of the molecule is CC1CCC(C(C)C(O)(P(=O)(O)O)P(=O)(O)O)C1.[H-].[H-].[Na+].[Na+]. The fourth-order valence-electron chi connectivity index (χ4n) is 2.72. The van der Waals surface area contributed by atoms with Gasteiger partial charge in [-0.25, -0.2) is 0 Å². The van der Waals surface area contributed by atoms with Crippen LogP contribution >= 0.6 is 15.2 Å². The first-order chi connectivity index (χ1) is 7.91. The van der Waals surface area contributed by atoms with Crippen molar-refractivity contribution in [1.29, 1.82) is 0 Å². The van der Waals surface area contributed by atoms with Gasteiger partial charge < -0.3 is 27.5 Å². The zero-order valence-corrected chi connectivity index (χ0v) is 18.1. The predicted octanol–water partition coefficient (Wildman–Crippen LogP) is -4.71. The number of aliphatic hydroxyl groups is 1. The molecule has 1 aliphatic rings. The number of hydrogen-bond acceptors (Lipinski definition) is 3. The van der Waals surface area contributed by atoms with Crippen LogP contribution in [-0.2, 0) is 9.13 Å². The zero-order chi connectivity index (χ0) is 14.4. The Morgan fingerprint density at radius 1 is 1.10 bits per heavy atom. The van der Waals surface area contributed by atoms with Crippen molar-refractivity contribution in [3.05, 3.63) is 0 Å². The Hall–Kier alpha value is 2.26. The van der Waals surface area contributed by atoms with Crippen LogP contribution in [0.25, 0.3) is 0 Å². The molecule has 5 N–H and O–H groups in total. The fraction of sp³-hybridized carbons (Fsp3) is 1.00. The first kappa shape index (κ1) is 24.5. The van der Waals surface area contributed by atoms with Gasteiger partial charge in [-0.3, -0.25) is 9.13 Å². The van der Waals surface area contributed by atoms with E-state index in [1.165, 1.54) is 6.92 Å². The summed E-state index contributed by atoms with van der Waals surface area (Å²) in [6, 6.07) is 0. The van der Waals surface area contributed by atoms with Crippen molar-refractivity contribution in [1.82, 2.24) is 0 Å². The van der Waals surface area contributed by atoms with Crippen molar-refractivity contribution in [3.63, 3.8) is 0 Å². The van der Waals surface area contributed by atoms with Crippen molar-refractivity contribution < 1.29 is 95.8 Å². The van der Waals surface area contributed by atoms with Crippen LogP contribution in [-0.4, -0.2) is 29.8 Å². The second-order valence-electron chi connectivity index (χ2n) is 5.24. The van der Waals surface area contributed by atoms with Gasteiger partial charge in [0.05, 0.1) is 0 Å². The smallest absolute Gasteiger partial charge is 1.00 e. The molecule has 0 bridgehead atoms. The fourth-order valence-corrected chi connectivity index (χ4v) is 5.56. The van der Waals surface area contributed by atoms with Gasteiger partial charge in [-0.05, 0) is 24.7 Å². The Kier molecular flexibility index (Phi) is 10.3. The van der Waals surface area contributed by atoms with E-state index in [4.69, 9.17) is 19.6 Å². The van der Waals surface area contributed by atoms with E-state index in [2.05, 4.69) is 0 Å². The number of hydrogen-bond donors (Lipinski definition) is 5. The molecule has 0 amide bonds. The van der Waals surface area contributed by atoms with E-state index >= 15 is 0 Å². The maximum atomic E-state index is 11.3. The van der Waals surface area contributed by atoms with Crippen LogP contribution in [0.5, 0.6) is 0 Å². The molecule has 7 nitrogen and oxygen atoms in total. The molecule has 0 heterocycles. The quantitative estimate of drug-likeness (QED) is 0.254. The van der Waals surface area contributed by atoms with Crippen molar-refractivity contribution in [2.45, 2.75) is 38.2 Å². The average Bonchev–Trinajstić information content (AvgIpc) is 2.58. The number of rotatable bonds is 4. The van der Waals surface area contributed by atoms with E-state index in [1.54, 1.807) is 0 Å². The maximum absolute atomic E-state index is 11.3. The maximum Gasteiger partial charge on any atom is 1.00 e. The first-order valence-electron chi connectivity index (χ1n) is 5.75. The summed E-state index contributed by atoms with van der Waals surface area (Å²) in [7, 11) is -10.7. The van der Waals surface area contributed by atoms with Crippen LogP contribution in [0, 0.1) is 17.8 Å². The van der Waals surface area contributed by atoms with Gasteiger partial charge in [-0.2, -0.15) is 0 Å². The molecular weight excluding hydrogens is 328 g/mol. The van der Waals surface area contributed by atoms with Crippen molar-refractivity contribution in [3.8, 4) is 0 Å². The molecule has 0 aromatic heterocycles. The average molecular weight is 350 g/mol. The van der Waals surface area contributed by atoms with Gasteiger partial charge in [0.25, 0.3) is 5.08 Å². The minimum Gasteiger partial charge on any atom is -1.00 e. The molecule has 0 aromatic carbocycles. The van der Waals surface area contributed by atoms with E-state index in [9.17, 15) is 14.2 Å². The van der Waals surface area contributed by atoms with Crippen LogP contribution in [0.3, 0.4) is 0 Å². The Morgan fingerprint density at radius 3 is 1.75 bits per heavy atom. The molecule has 0 aromatic rings. The Morgan fingerprint density at radius 2 is 1.50 bits per heavy atom. The standard InChI is InChI=1S/C9H20O7P2.2Na.2H/c1-6-3-4-8(5-6)7(2)9(10,17(11,12)13)18(14,15)16;;;;/h6-8,10H,3-5H2,1-2H3,(H2,11,12,13)(H2,14,15,16);;;;/q;2*+1;2*-1. The van der Waals surface area contributed by atoms with Crippen LogP contribution < -0.4 is 59.1 Å². The molecule has 0 radical (unpaired) electrons. The van der Waals surface area contributed by atoms with E-state index < -0.39 is 26.2 Å². The molecule has 1 aliphatic carbocycles. The monoisotopic (exact) mass is 350 g/mol. The topological polar surface area (TPSA) is 135 Å². The molecule has 112 valence electrons. The molecule has 11 heteroatoms. The van der Waals surface area contributed by atoms with E-state index in [0.717, 1.165) is 6.42 Å². The third-order valence-electron chi connectivity index (χ3n) is 3.91. The second-order valence-corrected chi connectivity index (χ2v) is 9.13. The molecule has 20 heavy (non-hydrogen) atoms. The molecule has 1 saturated carbocycles. The van der Waals surface area contributed by atoms with E-state index in [1.807, 2.05) is 6.92 Å². The van der Waals surface area contributed by atoms with Gasteiger partial charge >= 0.3 is 74.3 Å². The summed E-state index contributed by atoms with van der Waals surface area (Å²) >= 11 is 0. The Bertz CT molecular complexity index is 395. The molecule has 1 fully saturated rings. The van der Waals surface area contributed by atoms with Crippen LogP contribution in [0.2, 0.25) is 0 Å². The Labute approximate surface area is 165 Å². The van der Waals surface area contributed by atoms with Gasteiger partial charge in [0.2, 0.25) is 0 Å². The first-order valence-corrected chi connectivity index (χ1v) is 8.97. The molecule has 0 saturated heterocycles. The van der Waals surface area contributed by atoms with Gasteiger partial charge in [0, 0.05) is 5.92 Å². The summed E-state index contributed by atoms with van der Waals surface area (Å²) in [4.78, 5) is 36.6. The molecule has 0 aliphatic heterocycles. The van der Waals surface area contributed by atoms with Gasteiger partial charge in [0.15, 0.2) is 0 Å². The summed E-state index contributed by atoms with van der Waals surface area (Å²) in [5, 5.41) is 6.69. The van der Waals surface area contributed by atoms with Crippen LogP contribution in [0.4, 0.5) is 0 Å². The van der Waals surface area contributed by atoms with Crippen LogP contribution in [0.15, 0.2) is 0 Å². The van der Waals surface area contributed by atoms with E-state index in [-0.39, 0.29) is 67.9 Å². The van der Waals surface area contributed by atoms with Gasteiger partial charge in [-0.15, -0.1) is 0 Å². The molecule has 3 atom stereocenters. The summed E-state index contributed by atoms with van der Waals surface area (Å²) in [6.45, 7) is 3.25. The normalized spacial score (nSPS) is 25.6. The Balaban J connectivity index is -0.000000405. The van der Waals surface area contributed by atoms with Crippen molar-refractivity contribution in [2.75, 3.05) is 0 Å². The van der Waals surface area contributed by atoms with Crippen molar-refractivity contribution in [2.24, 2.45) is 17.8 Å². The third-order valence-corrected chi connectivity index (χ3v) is 8.00. The molecule has 0 spiro atoms. The summed E-state index contributed by atoms with van der Waals surface area (Å²) in [5.74, 6) is -1.13. The van der Waals surface area contributed by atoms with E-state index in [0.29, 0.717) is 18.8 Å². The molecule has 3 unspecified atom stereocenters. The van der Waals surface area contributed by atoms with Gasteiger partial charge in [-0.1, -0.05) is 20.3 Å². The van der Waals surface area contributed by atoms with Gasteiger partial charge in [0.1, 0.15) is 0 Å². The summed E-state index contributed by atoms with van der Waals surface area (Å²) in [5.41, 5.74) is 0. The molecular formula is C9H22Na2O7P2. The zero-order valence-electron chi connectivity index (χ0n) is 14.3. The van der Waals surface area contributed by atoms with Crippen LogP contribution in [0.1, 0.15) is 36.0 Å². The summed E-state index contributed by atoms with van der Waals surface area (Å²) in [6.07, 6.45) is 2.03. The predicted molar refractivity (Wildman–Crippen MR) is 66.9 cm³/mol. The minimum atomic E-state index is -5.35. The molecule has 1 rings (SSSR count). The van der Waals surface area contributed by atoms with Crippen molar-refractivity contribution >= 4 is 15.2 Å². The summed E-state index contributed by atoms with van der Waals surface area (Å²) < 4.78 is 22.7. The second kappa shape index (κ2) is 8.39. The largest absolute Gasteiger partial charge is 1.00 e.